The number of fused-ring (bicyclic) bond motifs is 4. The molecule has 14 nitrogen and oxygen atoms in total. The van der Waals surface area contributed by atoms with Crippen LogP contribution in [0.25, 0.3) is 42.2 Å². The van der Waals surface area contributed by atoms with Gasteiger partial charge in [0.1, 0.15) is 11.6 Å². The molecule has 280 valence electrons. The molecule has 0 spiro atoms. The van der Waals surface area contributed by atoms with Crippen LogP contribution in [0.4, 0.5) is 8.78 Å². The van der Waals surface area contributed by atoms with Crippen LogP contribution in [0.3, 0.4) is 0 Å². The van der Waals surface area contributed by atoms with Gasteiger partial charge in [-0.1, -0.05) is 28.3 Å². The summed E-state index contributed by atoms with van der Waals surface area (Å²) >= 11 is 14.8. The maximum atomic E-state index is 13.8. The summed E-state index contributed by atoms with van der Waals surface area (Å²) in [5.74, 6) is -0.897. The summed E-state index contributed by atoms with van der Waals surface area (Å²) in [6.07, 6.45) is 8.29. The van der Waals surface area contributed by atoms with E-state index in [0.717, 1.165) is 13.5 Å². The number of hydrogen-bond acceptors (Lipinski definition) is 10. The zero-order valence-corrected chi connectivity index (χ0v) is 32.3. The molecule has 6 heterocycles. The number of azide groups is 1. The molecular weight excluding hydrogens is 826 g/mol. The fourth-order valence-electron chi connectivity index (χ4n) is 6.08. The van der Waals surface area contributed by atoms with Gasteiger partial charge in [-0.2, -0.15) is 16.8 Å². The molecule has 8 rings (SSSR count). The molecule has 0 aliphatic rings. The van der Waals surface area contributed by atoms with Gasteiger partial charge in [0.05, 0.1) is 11.0 Å². The number of benzene rings is 2. The van der Waals surface area contributed by atoms with Crippen LogP contribution in [0.1, 0.15) is 24.0 Å². The molecule has 0 aliphatic carbocycles. The Hall–Kier alpha value is -4.53. The van der Waals surface area contributed by atoms with Crippen molar-refractivity contribution in [1.29, 1.82) is 0 Å². The molecule has 8 aromatic rings. The van der Waals surface area contributed by atoms with Crippen LogP contribution < -0.4 is 5.73 Å². The van der Waals surface area contributed by atoms with Gasteiger partial charge in [0.2, 0.25) is 10.1 Å². The normalized spacial score (nSPS) is 12.2. The van der Waals surface area contributed by atoms with Crippen molar-refractivity contribution in [3.8, 4) is 0 Å². The second-order valence-corrected chi connectivity index (χ2v) is 17.6. The van der Waals surface area contributed by atoms with E-state index in [1.807, 2.05) is 0 Å². The van der Waals surface area contributed by atoms with Crippen molar-refractivity contribution in [3.63, 3.8) is 0 Å². The third kappa shape index (κ3) is 6.72. The van der Waals surface area contributed by atoms with Crippen LogP contribution in [0.2, 0.25) is 10.3 Å². The van der Waals surface area contributed by atoms with Crippen molar-refractivity contribution in [1.82, 2.24) is 26.7 Å². The summed E-state index contributed by atoms with van der Waals surface area (Å²) in [6, 6.07) is 7.94. The number of hydrogen-bond donors (Lipinski definition) is 1. The van der Waals surface area contributed by atoms with E-state index in [1.165, 1.54) is 80.3 Å². The van der Waals surface area contributed by atoms with Crippen LogP contribution in [0, 0.1) is 11.6 Å². The molecule has 2 aromatic carbocycles. The fraction of sp³-hybridized carbons (Fsp3) is 0.188. The smallest absolute Gasteiger partial charge is 0.287 e. The van der Waals surface area contributed by atoms with E-state index in [4.69, 9.17) is 34.5 Å². The minimum atomic E-state index is -4.09. The maximum absolute atomic E-state index is 13.8. The summed E-state index contributed by atoms with van der Waals surface area (Å²) in [4.78, 5) is 11.8. The molecule has 0 amide bonds. The molecule has 0 fully saturated rings. The molecule has 0 radical (unpaired) electrons. The van der Waals surface area contributed by atoms with E-state index in [1.54, 1.807) is 23.2 Å². The maximum Gasteiger partial charge on any atom is 0.287 e. The van der Waals surface area contributed by atoms with Crippen molar-refractivity contribution in [2.45, 2.75) is 35.7 Å². The number of aryl methyl sites for hydroxylation is 2. The quantitative estimate of drug-likeness (QED) is 0.0593. The first-order valence-electron chi connectivity index (χ1n) is 15.9. The van der Waals surface area contributed by atoms with Gasteiger partial charge in [0, 0.05) is 57.8 Å². The van der Waals surface area contributed by atoms with Crippen LogP contribution in [-0.2, 0) is 32.9 Å². The summed E-state index contributed by atoms with van der Waals surface area (Å²) in [6.45, 7) is 0.716. The number of nitrogens with zero attached hydrogens (tertiary/aromatic N) is 9. The summed E-state index contributed by atoms with van der Waals surface area (Å²) in [5.41, 5.74) is 16.0. The van der Waals surface area contributed by atoms with Crippen molar-refractivity contribution in [2.24, 2.45) is 10.8 Å². The number of aromatic nitrogens is 6. The Morgan fingerprint density at radius 2 is 1.24 bits per heavy atom. The zero-order chi connectivity index (χ0) is 38.4. The van der Waals surface area contributed by atoms with Gasteiger partial charge in [0.25, 0.3) is 20.0 Å². The van der Waals surface area contributed by atoms with Gasteiger partial charge >= 0.3 is 0 Å². The van der Waals surface area contributed by atoms with Crippen LogP contribution in [0.15, 0.2) is 87.1 Å². The summed E-state index contributed by atoms with van der Waals surface area (Å²) < 4.78 is 86.0. The first kappa shape index (κ1) is 37.8. The van der Waals surface area contributed by atoms with E-state index < -0.39 is 31.7 Å². The second-order valence-electron chi connectivity index (χ2n) is 11.7. The zero-order valence-electron chi connectivity index (χ0n) is 27.6. The summed E-state index contributed by atoms with van der Waals surface area (Å²) in [5, 5.41) is 7.47. The summed E-state index contributed by atoms with van der Waals surface area (Å²) in [7, 11) is -8.12. The van der Waals surface area contributed by atoms with Gasteiger partial charge in [-0.15, -0.1) is 22.7 Å². The topological polar surface area (TPSA) is 188 Å². The molecular formula is C32H26Cl2F2N10O4S4. The number of nitrogens with two attached hydrogens (primary N) is 1. The highest BCUT2D eigenvalue weighted by Crippen LogP contribution is 2.34. The Balaban J connectivity index is 0.000000167. The van der Waals surface area contributed by atoms with Gasteiger partial charge < -0.3 is 5.73 Å². The van der Waals surface area contributed by atoms with Crippen molar-refractivity contribution >= 4 is 97.6 Å². The lowest BCUT2D eigenvalue weighted by Crippen LogP contribution is -2.14. The van der Waals surface area contributed by atoms with Crippen molar-refractivity contribution in [2.75, 3.05) is 13.1 Å². The Morgan fingerprint density at radius 1 is 0.778 bits per heavy atom. The number of rotatable bonds is 11. The third-order valence-electron chi connectivity index (χ3n) is 8.41. The average molecular weight is 852 g/mol. The lowest BCUT2D eigenvalue weighted by atomic mass is 10.1. The second kappa shape index (κ2) is 15.0. The van der Waals surface area contributed by atoms with Crippen LogP contribution in [0.5, 0.6) is 0 Å². The standard InChI is InChI=1S/C16H12ClFN6O2S2.C16H14ClFN4O2S2/c17-14-15(23-6-7-27-16(23)21-14)28(25,26)24-9-10(2-1-5-20-22-19)12-8-11(18)3-4-13(12)24;17-14-15(21-6-7-25-16(21)20-14)26(23,24)22-9-10(2-1-5-19)12-8-11(18)3-4-13(12)22/h3-4,6-9H,1-2,5H2;3-4,6-9H,1-2,5,19H2. The first-order chi connectivity index (χ1) is 25.9. The van der Waals surface area contributed by atoms with E-state index in [-0.39, 0.29) is 26.9 Å². The Labute approximate surface area is 323 Å². The number of thiazole rings is 2. The highest BCUT2D eigenvalue weighted by atomic mass is 35.5. The van der Waals surface area contributed by atoms with E-state index >= 15 is 0 Å². The van der Waals surface area contributed by atoms with Crippen molar-refractivity contribution in [3.05, 3.63) is 115 Å². The molecule has 0 saturated heterocycles. The molecule has 0 unspecified atom stereocenters. The molecule has 6 aromatic heterocycles. The predicted octanol–water partition coefficient (Wildman–Crippen LogP) is 7.89. The van der Waals surface area contributed by atoms with Crippen LogP contribution >= 0.6 is 45.9 Å². The number of halogens is 4. The van der Waals surface area contributed by atoms with Gasteiger partial charge in [0.15, 0.2) is 20.2 Å². The van der Waals surface area contributed by atoms with Gasteiger partial charge in [-0.3, -0.25) is 8.80 Å². The third-order valence-corrected chi connectivity index (χ3v) is 14.1. The monoisotopic (exact) mass is 850 g/mol. The Kier molecular flexibility index (Phi) is 10.5. The lowest BCUT2D eigenvalue weighted by molar-refractivity contribution is 0.582. The average Bonchev–Trinajstić information content (AvgIpc) is 3.97. The highest BCUT2D eigenvalue weighted by molar-refractivity contribution is 7.90. The molecule has 0 atom stereocenters. The molecule has 2 N–H and O–H groups in total. The predicted molar refractivity (Wildman–Crippen MR) is 205 cm³/mol. The minimum Gasteiger partial charge on any atom is -0.330 e. The van der Waals surface area contributed by atoms with E-state index in [9.17, 15) is 25.6 Å². The van der Waals surface area contributed by atoms with E-state index in [2.05, 4.69) is 20.0 Å². The van der Waals surface area contributed by atoms with Gasteiger partial charge in [-0.25, -0.2) is 26.7 Å². The molecule has 22 heteroatoms. The highest BCUT2D eigenvalue weighted by Gasteiger charge is 2.30. The largest absolute Gasteiger partial charge is 0.330 e. The number of imidazole rings is 2. The molecule has 0 bridgehead atoms. The molecule has 0 saturated carbocycles. The van der Waals surface area contributed by atoms with Gasteiger partial charge in [-0.05, 0) is 85.3 Å². The fourth-order valence-corrected chi connectivity index (χ4v) is 11.7. The molecule has 54 heavy (non-hydrogen) atoms. The minimum absolute atomic E-state index is 0.0932. The Morgan fingerprint density at radius 3 is 1.69 bits per heavy atom. The van der Waals surface area contributed by atoms with Crippen LogP contribution in [-0.4, -0.2) is 56.6 Å². The van der Waals surface area contributed by atoms with Crippen molar-refractivity contribution < 1.29 is 25.6 Å². The first-order valence-corrected chi connectivity index (χ1v) is 21.3. The lowest BCUT2D eigenvalue weighted by Gasteiger charge is -2.07. The Bertz CT molecular complexity index is 2980. The SMILES string of the molecule is NCCCc1cn(S(=O)(=O)c2c(Cl)nc3sccn23)c2ccc(F)cc12.[N-]=[N+]=NCCCc1cn(S(=O)(=O)c2c(Cl)nc3sccn23)c2ccc(F)cc12. The van der Waals surface area contributed by atoms with E-state index in [0.29, 0.717) is 69.5 Å². The molecule has 0 aliphatic heterocycles.